The molecule has 0 unspecified atom stereocenters. The van der Waals surface area contributed by atoms with Crippen molar-refractivity contribution in [3.8, 4) is 0 Å². The molecule has 0 aliphatic heterocycles. The molecule has 0 aromatic heterocycles. The van der Waals surface area contributed by atoms with E-state index in [0.717, 1.165) is 34.0 Å². The Hall–Kier alpha value is -0.100. The van der Waals surface area contributed by atoms with E-state index in [4.69, 9.17) is 0 Å². The Morgan fingerprint density at radius 1 is 1.44 bits per heavy atom. The average Bonchev–Trinajstić information content (AvgIpc) is 2.28. The van der Waals surface area contributed by atoms with Gasteiger partial charge in [-0.15, -0.1) is 0 Å². The molecule has 0 bridgehead atoms. The van der Waals surface area contributed by atoms with Crippen LogP contribution in [0.2, 0.25) is 0 Å². The Balaban J connectivity index is 2.81. The van der Waals surface area contributed by atoms with E-state index in [-0.39, 0.29) is 5.91 Å². The number of nitrogens with zero attached hydrogens (tertiary/aromatic N) is 1. The third kappa shape index (κ3) is 4.05. The van der Waals surface area contributed by atoms with Crippen LogP contribution < -0.4 is 0 Å². The SMILES string of the molecule is CCCN(CCBr)C(=O)c1cccc(I)c1. The molecular weight excluding hydrogens is 381 g/mol. The molecule has 0 aliphatic rings. The standard InChI is InChI=1S/C12H15BrINO/c1-2-7-15(8-6-13)12(16)10-4-3-5-11(14)9-10/h3-5,9H,2,6-8H2,1H3. The Morgan fingerprint density at radius 3 is 2.75 bits per heavy atom. The van der Waals surface area contributed by atoms with Crippen molar-refractivity contribution in [1.29, 1.82) is 0 Å². The molecule has 88 valence electrons. The van der Waals surface area contributed by atoms with E-state index in [2.05, 4.69) is 45.4 Å². The molecule has 0 saturated carbocycles. The lowest BCUT2D eigenvalue weighted by Gasteiger charge is -2.21. The number of rotatable bonds is 5. The molecule has 1 aromatic carbocycles. The van der Waals surface area contributed by atoms with Crippen molar-refractivity contribution >= 4 is 44.4 Å². The van der Waals surface area contributed by atoms with Gasteiger partial charge in [-0.2, -0.15) is 0 Å². The van der Waals surface area contributed by atoms with Gasteiger partial charge in [-0.05, 0) is 47.2 Å². The highest BCUT2D eigenvalue weighted by Gasteiger charge is 2.14. The van der Waals surface area contributed by atoms with Gasteiger partial charge < -0.3 is 4.90 Å². The van der Waals surface area contributed by atoms with Gasteiger partial charge >= 0.3 is 0 Å². The molecule has 0 N–H and O–H groups in total. The van der Waals surface area contributed by atoms with Crippen LogP contribution in [0, 0.1) is 3.57 Å². The van der Waals surface area contributed by atoms with Crippen molar-refractivity contribution in [1.82, 2.24) is 4.90 Å². The molecule has 2 nitrogen and oxygen atoms in total. The molecule has 1 amide bonds. The zero-order valence-corrected chi connectivity index (χ0v) is 13.0. The Labute approximate surface area is 119 Å². The Kier molecular flexibility index (Phi) is 6.34. The van der Waals surface area contributed by atoms with Crippen molar-refractivity contribution in [3.63, 3.8) is 0 Å². The number of alkyl halides is 1. The van der Waals surface area contributed by atoms with E-state index in [9.17, 15) is 4.79 Å². The van der Waals surface area contributed by atoms with Gasteiger partial charge in [0.05, 0.1) is 0 Å². The highest BCUT2D eigenvalue weighted by Crippen LogP contribution is 2.11. The van der Waals surface area contributed by atoms with Crippen LogP contribution in [0.5, 0.6) is 0 Å². The fourth-order valence-corrected chi connectivity index (χ4v) is 2.46. The van der Waals surface area contributed by atoms with E-state index in [1.165, 1.54) is 0 Å². The van der Waals surface area contributed by atoms with Gasteiger partial charge in [0, 0.05) is 27.6 Å². The number of halogens is 2. The Bertz CT molecular complexity index is 351. The molecule has 4 heteroatoms. The quantitative estimate of drug-likeness (QED) is 0.551. The zero-order chi connectivity index (χ0) is 12.0. The smallest absolute Gasteiger partial charge is 0.253 e. The first-order valence-corrected chi connectivity index (χ1v) is 7.50. The monoisotopic (exact) mass is 395 g/mol. The molecule has 0 saturated heterocycles. The molecular formula is C12H15BrINO. The summed E-state index contributed by atoms with van der Waals surface area (Å²) in [6.45, 7) is 3.66. The summed E-state index contributed by atoms with van der Waals surface area (Å²) in [5.41, 5.74) is 0.779. The van der Waals surface area contributed by atoms with Crippen LogP contribution in [0.25, 0.3) is 0 Å². The second-order valence-electron chi connectivity index (χ2n) is 3.49. The minimum absolute atomic E-state index is 0.125. The summed E-state index contributed by atoms with van der Waals surface area (Å²) < 4.78 is 1.10. The van der Waals surface area contributed by atoms with Gasteiger partial charge in [-0.25, -0.2) is 0 Å². The maximum Gasteiger partial charge on any atom is 0.253 e. The molecule has 0 aliphatic carbocycles. The largest absolute Gasteiger partial charge is 0.338 e. The average molecular weight is 396 g/mol. The van der Waals surface area contributed by atoms with Crippen LogP contribution in [0.15, 0.2) is 24.3 Å². The number of benzene rings is 1. The fraction of sp³-hybridized carbons (Fsp3) is 0.417. The molecule has 0 radical (unpaired) electrons. The normalized spacial score (nSPS) is 10.2. The number of carbonyl (C=O) groups excluding carboxylic acids is 1. The van der Waals surface area contributed by atoms with Crippen molar-refractivity contribution < 1.29 is 4.79 Å². The molecule has 0 fully saturated rings. The predicted octanol–water partition coefficient (Wildman–Crippen LogP) is 3.54. The topological polar surface area (TPSA) is 20.3 Å². The van der Waals surface area contributed by atoms with Crippen LogP contribution in [0.4, 0.5) is 0 Å². The highest BCUT2D eigenvalue weighted by molar-refractivity contribution is 14.1. The van der Waals surface area contributed by atoms with Crippen LogP contribution in [-0.2, 0) is 0 Å². The lowest BCUT2D eigenvalue weighted by atomic mass is 10.2. The third-order valence-electron chi connectivity index (χ3n) is 2.21. The molecule has 0 heterocycles. The van der Waals surface area contributed by atoms with E-state index in [1.54, 1.807) is 0 Å². The molecule has 1 rings (SSSR count). The summed E-state index contributed by atoms with van der Waals surface area (Å²) in [6.07, 6.45) is 0.989. The van der Waals surface area contributed by atoms with Crippen molar-refractivity contribution in [3.05, 3.63) is 33.4 Å². The van der Waals surface area contributed by atoms with Crippen LogP contribution in [0.1, 0.15) is 23.7 Å². The summed E-state index contributed by atoms with van der Waals surface area (Å²) in [4.78, 5) is 14.1. The molecule has 16 heavy (non-hydrogen) atoms. The number of amides is 1. The van der Waals surface area contributed by atoms with E-state index in [0.29, 0.717) is 0 Å². The van der Waals surface area contributed by atoms with E-state index < -0.39 is 0 Å². The fourth-order valence-electron chi connectivity index (χ4n) is 1.49. The first-order valence-electron chi connectivity index (χ1n) is 5.29. The minimum atomic E-state index is 0.125. The number of hydrogen-bond acceptors (Lipinski definition) is 1. The van der Waals surface area contributed by atoms with Gasteiger partial charge in [-0.3, -0.25) is 4.79 Å². The molecule has 0 atom stereocenters. The van der Waals surface area contributed by atoms with E-state index >= 15 is 0 Å². The Morgan fingerprint density at radius 2 is 2.19 bits per heavy atom. The van der Waals surface area contributed by atoms with Gasteiger partial charge in [0.2, 0.25) is 0 Å². The van der Waals surface area contributed by atoms with Crippen molar-refractivity contribution in [2.45, 2.75) is 13.3 Å². The maximum atomic E-state index is 12.2. The van der Waals surface area contributed by atoms with Gasteiger partial charge in [0.25, 0.3) is 5.91 Å². The van der Waals surface area contributed by atoms with Gasteiger partial charge in [0.1, 0.15) is 0 Å². The molecule has 1 aromatic rings. The summed E-state index contributed by atoms with van der Waals surface area (Å²) >= 11 is 5.60. The lowest BCUT2D eigenvalue weighted by molar-refractivity contribution is 0.0766. The summed E-state index contributed by atoms with van der Waals surface area (Å²) in [5.74, 6) is 0.125. The zero-order valence-electron chi connectivity index (χ0n) is 9.25. The van der Waals surface area contributed by atoms with Gasteiger partial charge in [-0.1, -0.05) is 28.9 Å². The van der Waals surface area contributed by atoms with E-state index in [1.807, 2.05) is 29.2 Å². The van der Waals surface area contributed by atoms with Crippen LogP contribution >= 0.6 is 38.5 Å². The number of hydrogen-bond donors (Lipinski definition) is 0. The minimum Gasteiger partial charge on any atom is -0.338 e. The number of carbonyl (C=O) groups is 1. The lowest BCUT2D eigenvalue weighted by Crippen LogP contribution is -2.33. The van der Waals surface area contributed by atoms with Crippen LogP contribution in [-0.4, -0.2) is 29.2 Å². The second kappa shape index (κ2) is 7.27. The van der Waals surface area contributed by atoms with Crippen molar-refractivity contribution in [2.75, 3.05) is 18.4 Å². The molecule has 0 spiro atoms. The van der Waals surface area contributed by atoms with Crippen LogP contribution in [0.3, 0.4) is 0 Å². The first-order chi connectivity index (χ1) is 7.69. The summed E-state index contributed by atoms with van der Waals surface area (Å²) in [7, 11) is 0. The maximum absolute atomic E-state index is 12.2. The predicted molar refractivity (Wildman–Crippen MR) is 79.1 cm³/mol. The third-order valence-corrected chi connectivity index (χ3v) is 3.23. The highest BCUT2D eigenvalue weighted by atomic mass is 127. The summed E-state index contributed by atoms with van der Waals surface area (Å²) in [6, 6.07) is 7.72. The first kappa shape index (κ1) is 14.0. The second-order valence-corrected chi connectivity index (χ2v) is 5.53. The van der Waals surface area contributed by atoms with Gasteiger partial charge in [0.15, 0.2) is 0 Å². The summed E-state index contributed by atoms with van der Waals surface area (Å²) in [5, 5.41) is 0.822. The van der Waals surface area contributed by atoms with Crippen molar-refractivity contribution in [2.24, 2.45) is 0 Å².